The van der Waals surface area contributed by atoms with E-state index in [2.05, 4.69) is 12.6 Å². The van der Waals surface area contributed by atoms with Crippen molar-refractivity contribution in [2.24, 2.45) is 5.92 Å². The number of hydrogen-bond acceptors (Lipinski definition) is 3. The predicted octanol–water partition coefficient (Wildman–Crippen LogP) is 2.29. The van der Waals surface area contributed by atoms with Crippen molar-refractivity contribution in [1.82, 2.24) is 0 Å². The molecule has 0 saturated carbocycles. The normalized spacial score (nSPS) is 20.1. The quantitative estimate of drug-likeness (QED) is 0.792. The molecule has 2 rings (SSSR count). The number of aromatic hydroxyl groups is 1. The molecule has 0 spiro atoms. The van der Waals surface area contributed by atoms with Gasteiger partial charge in [-0.05, 0) is 48.8 Å². The Morgan fingerprint density at radius 2 is 2.12 bits per heavy atom. The van der Waals surface area contributed by atoms with E-state index in [0.717, 1.165) is 29.1 Å². The summed E-state index contributed by atoms with van der Waals surface area (Å²) in [6.07, 6.45) is 0.572. The van der Waals surface area contributed by atoms with Gasteiger partial charge in [0.25, 0.3) is 0 Å². The smallest absolute Gasteiger partial charge is 0.227 e. The fourth-order valence-corrected chi connectivity index (χ4v) is 2.46. The molecular formula is C13H17NO2S. The van der Waals surface area contributed by atoms with Gasteiger partial charge in [-0.2, -0.15) is 12.6 Å². The van der Waals surface area contributed by atoms with Crippen molar-refractivity contribution in [2.75, 3.05) is 17.2 Å². The van der Waals surface area contributed by atoms with Gasteiger partial charge in [0.1, 0.15) is 5.75 Å². The molecular weight excluding hydrogens is 234 g/mol. The number of carbonyl (C=O) groups is 1. The summed E-state index contributed by atoms with van der Waals surface area (Å²) in [4.78, 5) is 13.7. The molecule has 1 aliphatic rings. The summed E-state index contributed by atoms with van der Waals surface area (Å²) in [5.74, 6) is 1.50. The van der Waals surface area contributed by atoms with Crippen LogP contribution in [0.3, 0.4) is 0 Å². The molecule has 1 aromatic rings. The standard InChI is InChI=1S/C13H17NO2S/c1-8-4-12(15)9(2)3-11(8)14-6-10(7-17)5-13(14)16/h3-4,10,15,17H,5-7H2,1-2H3. The maximum absolute atomic E-state index is 11.9. The zero-order valence-corrected chi connectivity index (χ0v) is 11.0. The van der Waals surface area contributed by atoms with Crippen LogP contribution in [0.5, 0.6) is 5.75 Å². The van der Waals surface area contributed by atoms with Gasteiger partial charge in [0.2, 0.25) is 5.91 Å². The molecule has 1 N–H and O–H groups in total. The highest BCUT2D eigenvalue weighted by atomic mass is 32.1. The summed E-state index contributed by atoms with van der Waals surface area (Å²) in [5.41, 5.74) is 2.64. The second-order valence-corrected chi connectivity index (χ2v) is 5.05. The summed E-state index contributed by atoms with van der Waals surface area (Å²) < 4.78 is 0. The molecule has 4 heteroatoms. The summed E-state index contributed by atoms with van der Waals surface area (Å²) >= 11 is 4.25. The topological polar surface area (TPSA) is 40.5 Å². The largest absolute Gasteiger partial charge is 0.508 e. The van der Waals surface area contributed by atoms with E-state index in [-0.39, 0.29) is 11.7 Å². The number of rotatable bonds is 2. The average molecular weight is 251 g/mol. The molecule has 17 heavy (non-hydrogen) atoms. The van der Waals surface area contributed by atoms with Gasteiger partial charge in [-0.1, -0.05) is 0 Å². The molecule has 0 radical (unpaired) electrons. The van der Waals surface area contributed by atoms with Crippen molar-refractivity contribution in [3.8, 4) is 5.75 Å². The van der Waals surface area contributed by atoms with Gasteiger partial charge < -0.3 is 10.0 Å². The van der Waals surface area contributed by atoms with E-state index in [4.69, 9.17) is 0 Å². The molecule has 1 unspecified atom stereocenters. The lowest BCUT2D eigenvalue weighted by Gasteiger charge is -2.20. The third-order valence-electron chi connectivity index (χ3n) is 3.27. The Hall–Kier alpha value is -1.16. The van der Waals surface area contributed by atoms with Gasteiger partial charge in [-0.15, -0.1) is 0 Å². The van der Waals surface area contributed by atoms with E-state index in [1.54, 1.807) is 6.07 Å². The molecule has 1 atom stereocenters. The fraction of sp³-hybridized carbons (Fsp3) is 0.462. The molecule has 0 bridgehead atoms. The van der Waals surface area contributed by atoms with E-state index in [1.807, 2.05) is 24.8 Å². The number of carbonyl (C=O) groups excluding carboxylic acids is 1. The third-order valence-corrected chi connectivity index (χ3v) is 3.79. The summed E-state index contributed by atoms with van der Waals surface area (Å²) in [5, 5.41) is 9.62. The first-order valence-electron chi connectivity index (χ1n) is 5.74. The highest BCUT2D eigenvalue weighted by molar-refractivity contribution is 7.80. The Balaban J connectivity index is 2.35. The van der Waals surface area contributed by atoms with Crippen molar-refractivity contribution in [3.05, 3.63) is 23.3 Å². The lowest BCUT2D eigenvalue weighted by Crippen LogP contribution is -2.25. The van der Waals surface area contributed by atoms with Crippen LogP contribution in [0.25, 0.3) is 0 Å². The first-order valence-corrected chi connectivity index (χ1v) is 6.37. The molecule has 0 aromatic heterocycles. The summed E-state index contributed by atoms with van der Waals surface area (Å²) in [6, 6.07) is 3.59. The lowest BCUT2D eigenvalue weighted by atomic mass is 10.1. The minimum Gasteiger partial charge on any atom is -0.508 e. The van der Waals surface area contributed by atoms with E-state index in [1.165, 1.54) is 0 Å². The van der Waals surface area contributed by atoms with Crippen LogP contribution < -0.4 is 4.90 Å². The average Bonchev–Trinajstić information content (AvgIpc) is 2.65. The SMILES string of the molecule is Cc1cc(N2CC(CS)CC2=O)c(C)cc1O. The van der Waals surface area contributed by atoms with E-state index >= 15 is 0 Å². The van der Waals surface area contributed by atoms with Crippen molar-refractivity contribution < 1.29 is 9.90 Å². The number of anilines is 1. The lowest BCUT2D eigenvalue weighted by molar-refractivity contribution is -0.117. The number of benzene rings is 1. The van der Waals surface area contributed by atoms with Crippen LogP contribution >= 0.6 is 12.6 Å². The Kier molecular flexibility index (Phi) is 3.33. The number of hydrogen-bond donors (Lipinski definition) is 2. The first-order chi connectivity index (χ1) is 8.02. The van der Waals surface area contributed by atoms with Gasteiger partial charge in [0.15, 0.2) is 0 Å². The highest BCUT2D eigenvalue weighted by Crippen LogP contribution is 2.32. The van der Waals surface area contributed by atoms with Crippen LogP contribution in [0.2, 0.25) is 0 Å². The molecule has 1 aromatic carbocycles. The summed E-state index contributed by atoms with van der Waals surface area (Å²) in [6.45, 7) is 4.48. The second kappa shape index (κ2) is 4.61. The number of phenolic OH excluding ortho intramolecular Hbond substituents is 1. The molecule has 1 amide bonds. The van der Waals surface area contributed by atoms with Crippen LogP contribution in [0, 0.1) is 19.8 Å². The van der Waals surface area contributed by atoms with Crippen LogP contribution in [-0.2, 0) is 4.79 Å². The minimum absolute atomic E-state index is 0.150. The Morgan fingerprint density at radius 1 is 1.41 bits per heavy atom. The highest BCUT2D eigenvalue weighted by Gasteiger charge is 2.30. The number of amides is 1. The van der Waals surface area contributed by atoms with Gasteiger partial charge >= 0.3 is 0 Å². The van der Waals surface area contributed by atoms with Crippen molar-refractivity contribution in [1.29, 1.82) is 0 Å². The van der Waals surface area contributed by atoms with Crippen molar-refractivity contribution >= 4 is 24.2 Å². The molecule has 1 heterocycles. The maximum Gasteiger partial charge on any atom is 0.227 e. The van der Waals surface area contributed by atoms with Gasteiger partial charge in [-0.3, -0.25) is 4.79 Å². The van der Waals surface area contributed by atoms with Crippen molar-refractivity contribution in [2.45, 2.75) is 20.3 Å². The number of aryl methyl sites for hydroxylation is 2. The van der Waals surface area contributed by atoms with E-state index in [0.29, 0.717) is 12.3 Å². The Bertz CT molecular complexity index is 459. The second-order valence-electron chi connectivity index (χ2n) is 4.68. The van der Waals surface area contributed by atoms with E-state index < -0.39 is 0 Å². The molecule has 1 aliphatic heterocycles. The monoisotopic (exact) mass is 251 g/mol. The molecule has 1 saturated heterocycles. The van der Waals surface area contributed by atoms with Crippen LogP contribution in [0.1, 0.15) is 17.5 Å². The molecule has 1 fully saturated rings. The first kappa shape index (κ1) is 12.3. The summed E-state index contributed by atoms with van der Waals surface area (Å²) in [7, 11) is 0. The van der Waals surface area contributed by atoms with Gasteiger partial charge in [0, 0.05) is 18.7 Å². The Morgan fingerprint density at radius 3 is 2.71 bits per heavy atom. The Labute approximate surface area is 107 Å². The number of phenols is 1. The zero-order valence-electron chi connectivity index (χ0n) is 10.1. The van der Waals surface area contributed by atoms with E-state index in [9.17, 15) is 9.90 Å². The van der Waals surface area contributed by atoms with Crippen LogP contribution in [-0.4, -0.2) is 23.3 Å². The molecule has 3 nitrogen and oxygen atoms in total. The predicted molar refractivity (Wildman–Crippen MR) is 71.9 cm³/mol. The third kappa shape index (κ3) is 2.27. The minimum atomic E-state index is 0.150. The van der Waals surface area contributed by atoms with Crippen molar-refractivity contribution in [3.63, 3.8) is 0 Å². The number of thiol groups is 1. The van der Waals surface area contributed by atoms with Gasteiger partial charge in [0.05, 0.1) is 0 Å². The van der Waals surface area contributed by atoms with Gasteiger partial charge in [-0.25, -0.2) is 0 Å². The van der Waals surface area contributed by atoms with Crippen LogP contribution in [0.15, 0.2) is 12.1 Å². The maximum atomic E-state index is 11.9. The zero-order chi connectivity index (χ0) is 12.6. The number of nitrogens with zero attached hydrogens (tertiary/aromatic N) is 1. The van der Waals surface area contributed by atoms with Crippen LogP contribution in [0.4, 0.5) is 5.69 Å². The molecule has 92 valence electrons. The molecule has 0 aliphatic carbocycles. The fourth-order valence-electron chi connectivity index (χ4n) is 2.21.